The van der Waals surface area contributed by atoms with Gasteiger partial charge in [-0.25, -0.2) is 0 Å². The summed E-state index contributed by atoms with van der Waals surface area (Å²) in [7, 11) is 0. The van der Waals surface area contributed by atoms with Crippen molar-refractivity contribution in [2.24, 2.45) is 11.7 Å². The van der Waals surface area contributed by atoms with E-state index < -0.39 is 5.54 Å². The van der Waals surface area contributed by atoms with Crippen LogP contribution in [0, 0.1) is 24.2 Å². The lowest BCUT2D eigenvalue weighted by molar-refractivity contribution is 0.455. The molecule has 0 saturated heterocycles. The number of benzene rings is 2. The van der Waals surface area contributed by atoms with Crippen molar-refractivity contribution in [3.63, 3.8) is 0 Å². The van der Waals surface area contributed by atoms with Crippen LogP contribution in [0.4, 0.5) is 5.69 Å². The first kappa shape index (κ1) is 23.7. The summed E-state index contributed by atoms with van der Waals surface area (Å²) in [5.74, 6) is 0.819. The number of nitriles is 1. The molecule has 0 aromatic heterocycles. The number of aryl methyl sites for hydroxylation is 1. The van der Waals surface area contributed by atoms with E-state index in [1.807, 2.05) is 57.2 Å². The fourth-order valence-corrected chi connectivity index (χ4v) is 3.05. The Kier molecular flexibility index (Phi) is 9.76. The van der Waals surface area contributed by atoms with E-state index in [1.54, 1.807) is 0 Å². The van der Waals surface area contributed by atoms with Gasteiger partial charge in [-0.05, 0) is 60.6 Å². The van der Waals surface area contributed by atoms with Crippen LogP contribution >= 0.6 is 0 Å². The molecule has 3 nitrogen and oxygen atoms in total. The van der Waals surface area contributed by atoms with E-state index in [4.69, 9.17) is 16.7 Å². The van der Waals surface area contributed by atoms with Crippen LogP contribution in [0.25, 0.3) is 0 Å². The Morgan fingerprint density at radius 2 is 1.57 bits per heavy atom. The van der Waals surface area contributed by atoms with E-state index in [9.17, 15) is 0 Å². The standard InChI is InChI=1S/C20H23N3.C3H8.C2H6/c1-14-2-7-18(12-19(14)22)20(23,11-10-15-3-4-15)17-8-5-16(13-21)6-9-17;1-3-2;1-2/h2,5-9,12,15H,3-4,10-11,22-23H2,1H3;3H2,1-2H3;1-2H3. The maximum atomic E-state index is 9.00. The molecule has 3 rings (SSSR count). The molecule has 0 heterocycles. The molecule has 0 aliphatic heterocycles. The Labute approximate surface area is 171 Å². The van der Waals surface area contributed by atoms with Crippen molar-refractivity contribution in [2.75, 3.05) is 5.73 Å². The number of rotatable bonds is 5. The maximum absolute atomic E-state index is 9.00. The molecule has 1 atom stereocenters. The molecule has 0 radical (unpaired) electrons. The molecule has 1 fully saturated rings. The quantitative estimate of drug-likeness (QED) is 0.600. The van der Waals surface area contributed by atoms with Crippen LogP contribution in [0.15, 0.2) is 42.5 Å². The van der Waals surface area contributed by atoms with E-state index in [1.165, 1.54) is 19.3 Å². The van der Waals surface area contributed by atoms with Gasteiger partial charge in [-0.2, -0.15) is 5.26 Å². The lowest BCUT2D eigenvalue weighted by Crippen LogP contribution is -2.38. The molecule has 2 aromatic carbocycles. The summed E-state index contributed by atoms with van der Waals surface area (Å²) < 4.78 is 0. The van der Waals surface area contributed by atoms with Crippen LogP contribution < -0.4 is 11.5 Å². The molecule has 3 heteroatoms. The van der Waals surface area contributed by atoms with Crippen molar-refractivity contribution >= 4 is 5.69 Å². The van der Waals surface area contributed by atoms with E-state index in [0.29, 0.717) is 5.56 Å². The van der Waals surface area contributed by atoms with Crippen LogP contribution in [0.2, 0.25) is 0 Å². The molecular formula is C25H37N3. The van der Waals surface area contributed by atoms with Gasteiger partial charge in [-0.1, -0.05) is 71.2 Å². The van der Waals surface area contributed by atoms with Gasteiger partial charge >= 0.3 is 0 Å². The SMILES string of the molecule is CC.CCC.Cc1ccc(C(N)(CCC2CC2)c2ccc(C#N)cc2)cc1N. The van der Waals surface area contributed by atoms with E-state index >= 15 is 0 Å². The number of nitrogens with zero attached hydrogens (tertiary/aromatic N) is 1. The number of hydrogen-bond donors (Lipinski definition) is 2. The Bertz CT molecular complexity index is 754. The Morgan fingerprint density at radius 3 is 2.04 bits per heavy atom. The molecule has 4 N–H and O–H groups in total. The average Bonchev–Trinajstić information content (AvgIpc) is 3.55. The third kappa shape index (κ3) is 6.39. The fourth-order valence-electron chi connectivity index (χ4n) is 3.05. The molecule has 28 heavy (non-hydrogen) atoms. The Hall–Kier alpha value is -2.31. The van der Waals surface area contributed by atoms with E-state index in [0.717, 1.165) is 41.1 Å². The van der Waals surface area contributed by atoms with Gasteiger partial charge in [-0.3, -0.25) is 0 Å². The summed E-state index contributed by atoms with van der Waals surface area (Å²) in [6, 6.07) is 15.9. The third-order valence-corrected chi connectivity index (χ3v) is 4.97. The Morgan fingerprint density at radius 1 is 1.04 bits per heavy atom. The summed E-state index contributed by atoms with van der Waals surface area (Å²) in [6.45, 7) is 10.3. The van der Waals surface area contributed by atoms with Gasteiger partial charge in [0.2, 0.25) is 0 Å². The molecule has 2 aromatic rings. The highest BCUT2D eigenvalue weighted by Crippen LogP contribution is 2.40. The first-order chi connectivity index (χ1) is 13.4. The minimum absolute atomic E-state index is 0.557. The molecule has 1 unspecified atom stereocenters. The first-order valence-corrected chi connectivity index (χ1v) is 10.6. The highest BCUT2D eigenvalue weighted by molar-refractivity contribution is 5.52. The van der Waals surface area contributed by atoms with Gasteiger partial charge in [0.1, 0.15) is 0 Å². The molecule has 1 aliphatic rings. The van der Waals surface area contributed by atoms with Crippen LogP contribution in [-0.2, 0) is 5.54 Å². The summed E-state index contributed by atoms with van der Waals surface area (Å²) in [5, 5.41) is 9.00. The molecule has 0 amide bonds. The van der Waals surface area contributed by atoms with Crippen molar-refractivity contribution in [1.82, 2.24) is 0 Å². The first-order valence-electron chi connectivity index (χ1n) is 10.6. The monoisotopic (exact) mass is 379 g/mol. The second kappa shape index (κ2) is 11.5. The molecule has 0 spiro atoms. The van der Waals surface area contributed by atoms with Crippen LogP contribution in [0.1, 0.15) is 82.1 Å². The molecule has 1 aliphatic carbocycles. The smallest absolute Gasteiger partial charge is 0.0991 e. The lowest BCUT2D eigenvalue weighted by atomic mass is 9.79. The number of nitrogens with two attached hydrogens (primary N) is 2. The average molecular weight is 380 g/mol. The number of nitrogen functional groups attached to an aromatic ring is 1. The topological polar surface area (TPSA) is 75.8 Å². The molecule has 0 bridgehead atoms. The minimum atomic E-state index is -0.557. The third-order valence-electron chi connectivity index (χ3n) is 4.97. The molecule has 1 saturated carbocycles. The van der Waals surface area contributed by atoms with Crippen LogP contribution in [0.5, 0.6) is 0 Å². The Balaban J connectivity index is 0.000000717. The number of anilines is 1. The second-order valence-corrected chi connectivity index (χ2v) is 7.42. The van der Waals surface area contributed by atoms with E-state index in [2.05, 4.69) is 26.0 Å². The van der Waals surface area contributed by atoms with Gasteiger partial charge in [0.25, 0.3) is 0 Å². The number of hydrogen-bond acceptors (Lipinski definition) is 3. The molecular weight excluding hydrogens is 342 g/mol. The second-order valence-electron chi connectivity index (χ2n) is 7.42. The zero-order chi connectivity index (χ0) is 21.2. The highest BCUT2D eigenvalue weighted by Gasteiger charge is 2.33. The van der Waals surface area contributed by atoms with E-state index in [-0.39, 0.29) is 0 Å². The van der Waals surface area contributed by atoms with Crippen molar-refractivity contribution in [3.05, 3.63) is 64.7 Å². The highest BCUT2D eigenvalue weighted by atomic mass is 14.7. The summed E-state index contributed by atoms with van der Waals surface area (Å²) in [6.07, 6.45) is 5.91. The zero-order valence-electron chi connectivity index (χ0n) is 18.3. The van der Waals surface area contributed by atoms with Crippen molar-refractivity contribution in [1.29, 1.82) is 5.26 Å². The summed E-state index contributed by atoms with van der Waals surface area (Å²) >= 11 is 0. The van der Waals surface area contributed by atoms with Crippen molar-refractivity contribution in [3.8, 4) is 6.07 Å². The van der Waals surface area contributed by atoms with Crippen LogP contribution in [0.3, 0.4) is 0 Å². The van der Waals surface area contributed by atoms with Gasteiger partial charge in [-0.15, -0.1) is 0 Å². The van der Waals surface area contributed by atoms with Crippen LogP contribution in [-0.4, -0.2) is 0 Å². The van der Waals surface area contributed by atoms with Gasteiger partial charge < -0.3 is 11.5 Å². The minimum Gasteiger partial charge on any atom is -0.399 e. The van der Waals surface area contributed by atoms with Gasteiger partial charge in [0.05, 0.1) is 17.2 Å². The predicted octanol–water partition coefficient (Wildman–Crippen LogP) is 6.28. The van der Waals surface area contributed by atoms with Gasteiger partial charge in [0, 0.05) is 5.69 Å². The zero-order valence-corrected chi connectivity index (χ0v) is 18.3. The lowest BCUT2D eigenvalue weighted by Gasteiger charge is -2.31. The largest absolute Gasteiger partial charge is 0.399 e. The predicted molar refractivity (Wildman–Crippen MR) is 121 cm³/mol. The normalized spacial score (nSPS) is 14.5. The molecule has 152 valence electrons. The summed E-state index contributed by atoms with van der Waals surface area (Å²) in [4.78, 5) is 0. The van der Waals surface area contributed by atoms with Crippen molar-refractivity contribution < 1.29 is 0 Å². The van der Waals surface area contributed by atoms with Crippen molar-refractivity contribution in [2.45, 2.75) is 72.3 Å². The summed E-state index contributed by atoms with van der Waals surface area (Å²) in [5.41, 5.74) is 17.0. The fraction of sp³-hybridized carbons (Fsp3) is 0.480. The van der Waals surface area contributed by atoms with Gasteiger partial charge in [0.15, 0.2) is 0 Å². The maximum Gasteiger partial charge on any atom is 0.0991 e.